The van der Waals surface area contributed by atoms with Gasteiger partial charge < -0.3 is 4.90 Å². The first-order chi connectivity index (χ1) is 11.6. The summed E-state index contributed by atoms with van der Waals surface area (Å²) in [5.41, 5.74) is -0.721. The lowest BCUT2D eigenvalue weighted by molar-refractivity contribution is -0.137. The Hall–Kier alpha value is -2.86. The second-order valence-electron chi connectivity index (χ2n) is 5.06. The highest BCUT2D eigenvalue weighted by Crippen LogP contribution is 2.32. The Balaban J connectivity index is 2.53. The van der Waals surface area contributed by atoms with Crippen molar-refractivity contribution in [3.05, 3.63) is 46.4 Å². The number of carbonyl (C=O) groups is 1. The number of amides is 1. The Morgan fingerprint density at radius 2 is 2.08 bits per heavy atom. The Labute approximate surface area is 145 Å². The van der Waals surface area contributed by atoms with Crippen LogP contribution in [0.25, 0.3) is 11.9 Å². The van der Waals surface area contributed by atoms with E-state index in [2.05, 4.69) is 10.1 Å². The van der Waals surface area contributed by atoms with Crippen LogP contribution in [0, 0.1) is 11.3 Å². The van der Waals surface area contributed by atoms with E-state index in [1.807, 2.05) is 6.07 Å². The van der Waals surface area contributed by atoms with E-state index in [1.54, 1.807) is 14.1 Å². The number of alkyl halides is 3. The number of pyridine rings is 1. The highest BCUT2D eigenvalue weighted by Gasteiger charge is 2.32. The molecule has 130 valence electrons. The van der Waals surface area contributed by atoms with E-state index in [1.165, 1.54) is 23.2 Å². The molecule has 0 unspecified atom stereocenters. The van der Waals surface area contributed by atoms with Crippen molar-refractivity contribution in [2.45, 2.75) is 6.18 Å². The van der Waals surface area contributed by atoms with Gasteiger partial charge in [0.15, 0.2) is 5.82 Å². The molecule has 0 aliphatic heterocycles. The first-order valence-corrected chi connectivity index (χ1v) is 7.13. The lowest BCUT2D eigenvalue weighted by atomic mass is 10.2. The minimum Gasteiger partial charge on any atom is -0.345 e. The molecule has 0 fully saturated rings. The number of aromatic nitrogens is 3. The van der Waals surface area contributed by atoms with Crippen LogP contribution >= 0.6 is 11.6 Å². The summed E-state index contributed by atoms with van der Waals surface area (Å²) in [6.07, 6.45) is -0.239. The molecule has 10 heteroatoms. The van der Waals surface area contributed by atoms with Gasteiger partial charge in [-0.1, -0.05) is 11.6 Å². The van der Waals surface area contributed by atoms with E-state index >= 15 is 0 Å². The number of halogens is 4. The van der Waals surface area contributed by atoms with Gasteiger partial charge in [-0.2, -0.15) is 23.5 Å². The molecule has 0 aliphatic rings. The predicted octanol–water partition coefficient (Wildman–Crippen LogP) is 2.91. The summed E-state index contributed by atoms with van der Waals surface area (Å²) in [6.45, 7) is 0. The topological polar surface area (TPSA) is 74.8 Å². The lowest BCUT2D eigenvalue weighted by Crippen LogP contribution is -2.18. The molecule has 0 saturated heterocycles. The number of rotatable bonds is 3. The van der Waals surface area contributed by atoms with Gasteiger partial charge in [-0.3, -0.25) is 4.79 Å². The van der Waals surface area contributed by atoms with Crippen LogP contribution in [0.1, 0.15) is 16.8 Å². The van der Waals surface area contributed by atoms with Crippen molar-refractivity contribution in [1.82, 2.24) is 19.7 Å². The fourth-order valence-electron chi connectivity index (χ4n) is 1.81. The smallest absolute Gasteiger partial charge is 0.345 e. The standard InChI is InChI=1S/C15H11ClF3N5O/c1-23(2)13(25)4-3-12-9(6-20)7-22-24(12)14-11(16)5-10(8-21-14)15(17,18)19/h3-5,7-8H,1-2H3. The molecule has 0 saturated carbocycles. The van der Waals surface area contributed by atoms with Crippen molar-refractivity contribution in [1.29, 1.82) is 5.26 Å². The van der Waals surface area contributed by atoms with E-state index in [0.717, 1.165) is 10.7 Å². The Kier molecular flexibility index (Phi) is 5.13. The Bertz CT molecular complexity index is 880. The molecule has 25 heavy (non-hydrogen) atoms. The Morgan fingerprint density at radius 3 is 2.60 bits per heavy atom. The van der Waals surface area contributed by atoms with Crippen molar-refractivity contribution in [3.8, 4) is 11.9 Å². The van der Waals surface area contributed by atoms with Crippen molar-refractivity contribution in [3.63, 3.8) is 0 Å². The zero-order valence-corrected chi connectivity index (χ0v) is 13.8. The minimum atomic E-state index is -4.59. The molecule has 0 aliphatic carbocycles. The zero-order chi connectivity index (χ0) is 18.8. The van der Waals surface area contributed by atoms with Crippen LogP contribution in [0.3, 0.4) is 0 Å². The SMILES string of the molecule is CN(C)C(=O)C=Cc1c(C#N)cnn1-c1ncc(C(F)(F)F)cc1Cl. The van der Waals surface area contributed by atoms with Crippen molar-refractivity contribution >= 4 is 23.6 Å². The van der Waals surface area contributed by atoms with Crippen LogP contribution in [0.4, 0.5) is 13.2 Å². The van der Waals surface area contributed by atoms with Gasteiger partial charge in [0, 0.05) is 26.4 Å². The normalized spacial score (nSPS) is 11.6. The summed E-state index contributed by atoms with van der Waals surface area (Å²) in [5.74, 6) is -0.434. The molecule has 2 aromatic heterocycles. The highest BCUT2D eigenvalue weighted by molar-refractivity contribution is 6.32. The third-order valence-electron chi connectivity index (χ3n) is 3.10. The van der Waals surface area contributed by atoms with E-state index in [9.17, 15) is 18.0 Å². The van der Waals surface area contributed by atoms with Crippen LogP contribution in [0.15, 0.2) is 24.5 Å². The summed E-state index contributed by atoms with van der Waals surface area (Å²) in [4.78, 5) is 16.7. The van der Waals surface area contributed by atoms with Crippen LogP contribution in [0.5, 0.6) is 0 Å². The molecule has 1 amide bonds. The van der Waals surface area contributed by atoms with Gasteiger partial charge in [0.05, 0.1) is 28.0 Å². The first-order valence-electron chi connectivity index (χ1n) is 6.75. The number of hydrogen-bond donors (Lipinski definition) is 0. The number of carbonyl (C=O) groups excluding carboxylic acids is 1. The van der Waals surface area contributed by atoms with Crippen molar-refractivity contribution in [2.24, 2.45) is 0 Å². The molecular formula is C15H11ClF3N5O. The first kappa shape index (κ1) is 18.5. The van der Waals surface area contributed by atoms with Crippen LogP contribution < -0.4 is 0 Å². The summed E-state index contributed by atoms with van der Waals surface area (Å²) < 4.78 is 39.2. The average molecular weight is 370 g/mol. The van der Waals surface area contributed by atoms with Gasteiger partial charge in [-0.15, -0.1) is 0 Å². The van der Waals surface area contributed by atoms with Crippen molar-refractivity contribution < 1.29 is 18.0 Å². The maximum Gasteiger partial charge on any atom is 0.417 e. The fourth-order valence-corrected chi connectivity index (χ4v) is 2.06. The fraction of sp³-hybridized carbons (Fsp3) is 0.200. The second kappa shape index (κ2) is 6.94. The number of nitrogens with zero attached hydrogens (tertiary/aromatic N) is 5. The van der Waals surface area contributed by atoms with E-state index in [0.29, 0.717) is 6.20 Å². The zero-order valence-electron chi connectivity index (χ0n) is 13.0. The molecule has 0 N–H and O–H groups in total. The molecule has 0 aromatic carbocycles. The van der Waals surface area contributed by atoms with Gasteiger partial charge >= 0.3 is 6.18 Å². The van der Waals surface area contributed by atoms with Crippen LogP contribution in [-0.2, 0) is 11.0 Å². The van der Waals surface area contributed by atoms with Gasteiger partial charge in [0.25, 0.3) is 0 Å². The minimum absolute atomic E-state index is 0.0897. The number of nitriles is 1. The second-order valence-corrected chi connectivity index (χ2v) is 5.47. The molecule has 0 bridgehead atoms. The van der Waals surface area contributed by atoms with Gasteiger partial charge in [-0.05, 0) is 12.1 Å². The predicted molar refractivity (Wildman–Crippen MR) is 83.8 cm³/mol. The maximum atomic E-state index is 12.7. The average Bonchev–Trinajstić information content (AvgIpc) is 2.94. The van der Waals surface area contributed by atoms with Gasteiger partial charge in [0.1, 0.15) is 6.07 Å². The summed E-state index contributed by atoms with van der Waals surface area (Å²) in [7, 11) is 3.09. The monoisotopic (exact) mass is 369 g/mol. The van der Waals surface area contributed by atoms with E-state index < -0.39 is 11.7 Å². The molecule has 2 aromatic rings. The lowest BCUT2D eigenvalue weighted by Gasteiger charge is -2.10. The van der Waals surface area contributed by atoms with Crippen LogP contribution in [-0.4, -0.2) is 39.7 Å². The molecule has 6 nitrogen and oxygen atoms in total. The third kappa shape index (κ3) is 3.97. The molecule has 0 radical (unpaired) electrons. The quantitative estimate of drug-likeness (QED) is 0.780. The van der Waals surface area contributed by atoms with E-state index in [-0.39, 0.29) is 28.0 Å². The number of hydrogen-bond acceptors (Lipinski definition) is 4. The molecule has 0 atom stereocenters. The third-order valence-corrected chi connectivity index (χ3v) is 3.38. The largest absolute Gasteiger partial charge is 0.417 e. The summed E-state index contributed by atoms with van der Waals surface area (Å²) >= 11 is 5.90. The van der Waals surface area contributed by atoms with E-state index in [4.69, 9.17) is 16.9 Å². The molecule has 2 heterocycles. The highest BCUT2D eigenvalue weighted by atomic mass is 35.5. The Morgan fingerprint density at radius 1 is 1.40 bits per heavy atom. The number of likely N-dealkylation sites (N-methyl/N-ethyl adjacent to an activating group) is 1. The summed E-state index contributed by atoms with van der Waals surface area (Å²) in [6, 6.07) is 2.60. The van der Waals surface area contributed by atoms with Gasteiger partial charge in [-0.25, -0.2) is 9.67 Å². The maximum absolute atomic E-state index is 12.7. The molecule has 2 rings (SSSR count). The molecular weight excluding hydrogens is 359 g/mol. The summed E-state index contributed by atoms with van der Waals surface area (Å²) in [5, 5.41) is 12.8. The molecule has 0 spiro atoms. The van der Waals surface area contributed by atoms with Crippen LogP contribution in [0.2, 0.25) is 5.02 Å². The van der Waals surface area contributed by atoms with Crippen molar-refractivity contribution in [2.75, 3.05) is 14.1 Å². The van der Waals surface area contributed by atoms with Gasteiger partial charge in [0.2, 0.25) is 5.91 Å².